The maximum atomic E-state index is 17.1. The summed E-state index contributed by atoms with van der Waals surface area (Å²) in [6.45, 7) is 6.58. The van der Waals surface area contributed by atoms with Crippen molar-refractivity contribution in [2.75, 3.05) is 0 Å². The Hall–Kier alpha value is -1.76. The molecule has 3 fully saturated rings. The molecule has 0 aromatic rings. The quantitative estimate of drug-likeness (QED) is 0.511. The van der Waals surface area contributed by atoms with Crippen LogP contribution in [0.5, 0.6) is 0 Å². The van der Waals surface area contributed by atoms with Gasteiger partial charge in [-0.15, -0.1) is 0 Å². The highest BCUT2D eigenvalue weighted by molar-refractivity contribution is 5.84. The Kier molecular flexibility index (Phi) is 4.97. The van der Waals surface area contributed by atoms with Crippen molar-refractivity contribution in [2.45, 2.75) is 83.3 Å². The molecule has 2 N–H and O–H groups in total. The maximum absolute atomic E-state index is 17.1. The summed E-state index contributed by atoms with van der Waals surface area (Å²) in [4.78, 5) is 24.9. The van der Waals surface area contributed by atoms with Crippen molar-refractivity contribution in [3.05, 3.63) is 23.8 Å². The average Bonchev–Trinajstić information content (AvgIpc) is 2.92. The standard InChI is InChI=1S/C24H32F2O5/c1-5-19(28)31-24(20(29)30)13(2)10-15-16-11-17(25)14-8-6-7-9-21(14,3)23(16,26)18(27)12-22(15,24)4/h7-9,13,15-18,27H,5-6,10-12H2,1-4H3,(H,29,30)/t13-,15?,16?,17+,18+,21+,22+,23+,24+/m1/s1. The first-order valence-electron chi connectivity index (χ1n) is 11.2. The number of aliphatic hydroxyl groups excluding tert-OH is 1. The van der Waals surface area contributed by atoms with Gasteiger partial charge in [-0.3, -0.25) is 4.79 Å². The lowest BCUT2D eigenvalue weighted by atomic mass is 9.44. The number of halogens is 2. The molecule has 0 bridgehead atoms. The van der Waals surface area contributed by atoms with E-state index < -0.39 is 64.1 Å². The van der Waals surface area contributed by atoms with Gasteiger partial charge in [0, 0.05) is 29.1 Å². The van der Waals surface area contributed by atoms with Gasteiger partial charge in [0.05, 0.1) is 6.10 Å². The van der Waals surface area contributed by atoms with Crippen molar-refractivity contribution >= 4 is 11.9 Å². The number of carboxylic acids is 1. The normalized spacial score (nSPS) is 50.7. The van der Waals surface area contributed by atoms with E-state index in [-0.39, 0.29) is 25.7 Å². The van der Waals surface area contributed by atoms with Crippen LogP contribution in [0.15, 0.2) is 23.8 Å². The second kappa shape index (κ2) is 6.87. The van der Waals surface area contributed by atoms with Gasteiger partial charge >= 0.3 is 11.9 Å². The molecular formula is C24H32F2O5. The van der Waals surface area contributed by atoms with Crippen molar-refractivity contribution in [3.8, 4) is 0 Å². The first kappa shape index (κ1) is 22.4. The molecule has 0 spiro atoms. The number of esters is 1. The molecule has 0 aliphatic heterocycles. The summed E-state index contributed by atoms with van der Waals surface area (Å²) in [7, 11) is 0. The number of hydrogen-bond acceptors (Lipinski definition) is 4. The van der Waals surface area contributed by atoms with Gasteiger partial charge in [0.1, 0.15) is 6.17 Å². The summed E-state index contributed by atoms with van der Waals surface area (Å²) in [6, 6.07) is 0. The number of allylic oxidation sites excluding steroid dienone is 4. The Morgan fingerprint density at radius 3 is 2.55 bits per heavy atom. The number of fused-ring (bicyclic) bond motifs is 5. The van der Waals surface area contributed by atoms with Crippen LogP contribution in [0.25, 0.3) is 0 Å². The summed E-state index contributed by atoms with van der Waals surface area (Å²) in [5, 5.41) is 21.5. The topological polar surface area (TPSA) is 83.8 Å². The van der Waals surface area contributed by atoms with Crippen molar-refractivity contribution in [3.63, 3.8) is 0 Å². The molecule has 3 saturated carbocycles. The van der Waals surface area contributed by atoms with Crippen LogP contribution < -0.4 is 0 Å². The number of aliphatic hydroxyl groups is 1. The minimum atomic E-state index is -2.13. The number of rotatable bonds is 3. The monoisotopic (exact) mass is 438 g/mol. The van der Waals surface area contributed by atoms with Crippen molar-refractivity contribution in [1.82, 2.24) is 0 Å². The first-order valence-corrected chi connectivity index (χ1v) is 11.2. The van der Waals surface area contributed by atoms with E-state index in [1.807, 2.05) is 0 Å². The van der Waals surface area contributed by atoms with E-state index in [1.54, 1.807) is 45.9 Å². The smallest absolute Gasteiger partial charge is 0.349 e. The number of carbonyl (C=O) groups excluding carboxylic acids is 1. The van der Waals surface area contributed by atoms with E-state index in [1.165, 1.54) is 0 Å². The minimum Gasteiger partial charge on any atom is -0.478 e. The summed E-state index contributed by atoms with van der Waals surface area (Å²) in [5.74, 6) is -3.99. The van der Waals surface area contributed by atoms with Gasteiger partial charge in [-0.25, -0.2) is 13.6 Å². The van der Waals surface area contributed by atoms with Crippen molar-refractivity contribution < 1.29 is 33.3 Å². The van der Waals surface area contributed by atoms with Gasteiger partial charge in [-0.1, -0.05) is 39.0 Å². The van der Waals surface area contributed by atoms with Crippen molar-refractivity contribution in [1.29, 1.82) is 0 Å². The molecule has 9 atom stereocenters. The Morgan fingerprint density at radius 2 is 1.94 bits per heavy atom. The number of alkyl halides is 2. The molecule has 0 aromatic carbocycles. The van der Waals surface area contributed by atoms with E-state index in [4.69, 9.17) is 4.74 Å². The molecule has 172 valence electrons. The molecule has 7 heteroatoms. The van der Waals surface area contributed by atoms with E-state index in [0.717, 1.165) is 0 Å². The zero-order chi connectivity index (χ0) is 23.0. The number of hydrogen-bond donors (Lipinski definition) is 2. The summed E-state index contributed by atoms with van der Waals surface area (Å²) in [6.07, 6.45) is 2.81. The van der Waals surface area contributed by atoms with Crippen LogP contribution in [0, 0.1) is 28.6 Å². The third-order valence-corrected chi connectivity index (χ3v) is 9.10. The molecule has 31 heavy (non-hydrogen) atoms. The third kappa shape index (κ3) is 2.50. The highest BCUT2D eigenvalue weighted by Gasteiger charge is 2.78. The second-order valence-electron chi connectivity index (χ2n) is 10.3. The predicted molar refractivity (Wildman–Crippen MR) is 110 cm³/mol. The summed E-state index contributed by atoms with van der Waals surface area (Å²) >= 11 is 0. The fourth-order valence-electron chi connectivity index (χ4n) is 7.64. The molecule has 0 radical (unpaired) electrons. The van der Waals surface area contributed by atoms with Crippen LogP contribution >= 0.6 is 0 Å². The van der Waals surface area contributed by atoms with Crippen LogP contribution in [0.2, 0.25) is 0 Å². The molecule has 4 aliphatic carbocycles. The van der Waals surface area contributed by atoms with Gasteiger partial charge in [0.15, 0.2) is 5.67 Å². The zero-order valence-electron chi connectivity index (χ0n) is 18.5. The lowest BCUT2D eigenvalue weighted by Gasteiger charge is -2.63. The van der Waals surface area contributed by atoms with Crippen LogP contribution in [-0.2, 0) is 14.3 Å². The largest absolute Gasteiger partial charge is 0.478 e. The number of ether oxygens (including phenoxy) is 1. The maximum Gasteiger partial charge on any atom is 0.349 e. The van der Waals surface area contributed by atoms with Gasteiger partial charge in [-0.05, 0) is 44.1 Å². The fourth-order valence-corrected chi connectivity index (χ4v) is 7.64. The fraction of sp³-hybridized carbons (Fsp3) is 0.750. The predicted octanol–water partition coefficient (Wildman–Crippen LogP) is 4.15. The molecule has 0 aromatic heterocycles. The molecule has 0 amide bonds. The Bertz CT molecular complexity index is 870. The molecule has 5 nitrogen and oxygen atoms in total. The van der Waals surface area contributed by atoms with Crippen LogP contribution in [0.4, 0.5) is 8.78 Å². The molecule has 0 heterocycles. The Balaban J connectivity index is 1.87. The van der Waals surface area contributed by atoms with Crippen LogP contribution in [0.1, 0.15) is 59.8 Å². The van der Waals surface area contributed by atoms with Gasteiger partial charge in [0.2, 0.25) is 5.60 Å². The van der Waals surface area contributed by atoms with E-state index in [9.17, 15) is 19.8 Å². The number of aliphatic carboxylic acids is 1. The average molecular weight is 439 g/mol. The molecule has 0 saturated heterocycles. The van der Waals surface area contributed by atoms with Gasteiger partial charge in [-0.2, -0.15) is 0 Å². The third-order valence-electron chi connectivity index (χ3n) is 9.10. The number of carboxylic acid groups (broad SMARTS) is 1. The number of carbonyl (C=O) groups is 2. The summed E-state index contributed by atoms with van der Waals surface area (Å²) in [5.41, 5.74) is -6.18. The van der Waals surface area contributed by atoms with Gasteiger partial charge in [0.25, 0.3) is 0 Å². The SMILES string of the molecule is CCC(=O)O[C@]1(C(=O)O)[C@H](C)CC2C3C[C@H](F)C4=CCC=C[C@]4(C)[C@@]3(F)[C@@H](O)C[C@@]21C. The Labute approximate surface area is 181 Å². The Morgan fingerprint density at radius 1 is 1.26 bits per heavy atom. The van der Waals surface area contributed by atoms with E-state index in [0.29, 0.717) is 12.0 Å². The highest BCUT2D eigenvalue weighted by atomic mass is 19.1. The minimum absolute atomic E-state index is 0.00506. The molecular weight excluding hydrogens is 406 g/mol. The molecule has 4 aliphatic rings. The second-order valence-corrected chi connectivity index (χ2v) is 10.3. The molecule has 2 unspecified atom stereocenters. The highest BCUT2D eigenvalue weighted by Crippen LogP contribution is 2.71. The van der Waals surface area contributed by atoms with Gasteiger partial charge < -0.3 is 14.9 Å². The summed E-state index contributed by atoms with van der Waals surface area (Å²) < 4.78 is 38.1. The van der Waals surface area contributed by atoms with Crippen LogP contribution in [-0.4, -0.2) is 45.7 Å². The van der Waals surface area contributed by atoms with E-state index in [2.05, 4.69) is 0 Å². The molecule has 4 rings (SSSR count). The lowest BCUT2D eigenvalue weighted by Crippen LogP contribution is -2.70. The van der Waals surface area contributed by atoms with Crippen LogP contribution in [0.3, 0.4) is 0 Å². The van der Waals surface area contributed by atoms with Crippen molar-refractivity contribution in [2.24, 2.45) is 28.6 Å². The zero-order valence-corrected chi connectivity index (χ0v) is 18.5. The first-order chi connectivity index (χ1) is 14.4. The van der Waals surface area contributed by atoms with E-state index >= 15 is 8.78 Å². The lowest BCUT2D eigenvalue weighted by molar-refractivity contribution is -0.237.